The van der Waals surface area contributed by atoms with Crippen LogP contribution in [0.2, 0.25) is 0 Å². The maximum absolute atomic E-state index is 12.4. The molecule has 0 rings (SSSR count). The van der Waals surface area contributed by atoms with E-state index in [9.17, 15) is 19.8 Å². The molecule has 0 aromatic rings. The normalized spacial score (nSPS) is 12.9. The smallest absolute Gasteiger partial charge is 0.305 e. The molecule has 0 aliphatic rings. The fourth-order valence-electron chi connectivity index (χ4n) is 9.66. The molecule has 0 aromatic carbocycles. The highest BCUT2D eigenvalue weighted by molar-refractivity contribution is 5.76. The van der Waals surface area contributed by atoms with Crippen LogP contribution in [0, 0.1) is 0 Å². The van der Waals surface area contributed by atoms with Crippen LogP contribution in [0.1, 0.15) is 335 Å². The molecule has 0 fully saturated rings. The Morgan fingerprint density at radius 2 is 0.694 bits per heavy atom. The molecule has 72 heavy (non-hydrogen) atoms. The van der Waals surface area contributed by atoms with Gasteiger partial charge < -0.3 is 20.3 Å². The third-order valence-corrected chi connectivity index (χ3v) is 14.6. The van der Waals surface area contributed by atoms with Gasteiger partial charge >= 0.3 is 5.97 Å². The number of unbranched alkanes of at least 4 members (excludes halogenated alkanes) is 42. The molecule has 0 bridgehead atoms. The summed E-state index contributed by atoms with van der Waals surface area (Å²) in [6.45, 7) is 4.88. The van der Waals surface area contributed by atoms with Crippen molar-refractivity contribution in [1.29, 1.82) is 0 Å². The number of hydrogen-bond donors (Lipinski definition) is 3. The Morgan fingerprint density at radius 3 is 1.10 bits per heavy atom. The van der Waals surface area contributed by atoms with E-state index in [-0.39, 0.29) is 18.5 Å². The van der Waals surface area contributed by atoms with Gasteiger partial charge in [-0.25, -0.2) is 0 Å². The van der Waals surface area contributed by atoms with Gasteiger partial charge in [0.1, 0.15) is 0 Å². The summed E-state index contributed by atoms with van der Waals surface area (Å²) in [5.41, 5.74) is 0. The summed E-state index contributed by atoms with van der Waals surface area (Å²) in [5.74, 6) is -0.0646. The molecule has 0 aliphatic carbocycles. The van der Waals surface area contributed by atoms with Crippen molar-refractivity contribution in [3.8, 4) is 0 Å². The molecule has 6 nitrogen and oxygen atoms in total. The second kappa shape index (κ2) is 61.4. The number of allylic oxidation sites excluding steroid dienone is 7. The fraction of sp³-hybridized carbons (Fsp3) is 0.848. The second-order valence-corrected chi connectivity index (χ2v) is 21.7. The van der Waals surface area contributed by atoms with Crippen molar-refractivity contribution in [3.63, 3.8) is 0 Å². The Bertz CT molecular complexity index is 1210. The van der Waals surface area contributed by atoms with Crippen molar-refractivity contribution in [3.05, 3.63) is 48.6 Å². The summed E-state index contributed by atoms with van der Waals surface area (Å²) in [6, 6.07) is -0.629. The van der Waals surface area contributed by atoms with Crippen LogP contribution in [-0.4, -0.2) is 47.4 Å². The minimum absolute atomic E-state index is 0.00584. The fourth-order valence-corrected chi connectivity index (χ4v) is 9.66. The quantitative estimate of drug-likeness (QED) is 0.0320. The summed E-state index contributed by atoms with van der Waals surface area (Å²) < 4.78 is 5.49. The average Bonchev–Trinajstić information content (AvgIpc) is 3.38. The van der Waals surface area contributed by atoms with Gasteiger partial charge in [0.05, 0.1) is 25.4 Å². The van der Waals surface area contributed by atoms with Gasteiger partial charge in [0.25, 0.3) is 0 Å². The van der Waals surface area contributed by atoms with Crippen molar-refractivity contribution in [2.75, 3.05) is 13.2 Å². The van der Waals surface area contributed by atoms with E-state index in [0.29, 0.717) is 19.4 Å². The zero-order chi connectivity index (χ0) is 52.2. The zero-order valence-corrected chi connectivity index (χ0v) is 48.2. The summed E-state index contributed by atoms with van der Waals surface area (Å²) in [7, 11) is 0. The van der Waals surface area contributed by atoms with E-state index in [1.54, 1.807) is 6.08 Å². The number of hydrogen-bond acceptors (Lipinski definition) is 5. The van der Waals surface area contributed by atoms with Crippen LogP contribution in [0.5, 0.6) is 0 Å². The standard InChI is InChI=1S/C66H123NO5/c1-3-5-7-9-11-13-15-17-18-29-33-36-40-44-48-52-56-60-66(71)72-61-57-53-49-45-41-37-34-31-28-26-24-22-20-19-21-23-25-27-30-32-35-39-43-47-51-55-59-65(70)67-63(62-68)64(69)58-54-50-46-42-38-16-14-12-10-8-6-4-2/h11,13,17-19,21,54,58,63-64,68-69H,3-10,12,14-16,20,22-53,55-57,59-62H2,1-2H3,(H,67,70)/b13-11-,18-17-,21-19-,58-54+. The van der Waals surface area contributed by atoms with Gasteiger partial charge in [-0.15, -0.1) is 0 Å². The maximum atomic E-state index is 12.4. The largest absolute Gasteiger partial charge is 0.466 e. The average molecular weight is 1010 g/mol. The lowest BCUT2D eigenvalue weighted by atomic mass is 10.0. The summed E-state index contributed by atoms with van der Waals surface area (Å²) in [4.78, 5) is 24.5. The number of carbonyl (C=O) groups is 2. The van der Waals surface area contributed by atoms with Crippen molar-refractivity contribution in [2.45, 2.75) is 347 Å². The van der Waals surface area contributed by atoms with Crippen LogP contribution in [-0.2, 0) is 14.3 Å². The predicted octanol–water partition coefficient (Wildman–Crippen LogP) is 20.1. The lowest BCUT2D eigenvalue weighted by molar-refractivity contribution is -0.143. The molecule has 0 radical (unpaired) electrons. The monoisotopic (exact) mass is 1010 g/mol. The van der Waals surface area contributed by atoms with E-state index >= 15 is 0 Å². The third kappa shape index (κ3) is 57.1. The van der Waals surface area contributed by atoms with Crippen LogP contribution in [0.3, 0.4) is 0 Å². The van der Waals surface area contributed by atoms with Crippen molar-refractivity contribution in [2.24, 2.45) is 0 Å². The minimum atomic E-state index is -0.845. The van der Waals surface area contributed by atoms with Crippen LogP contribution in [0.25, 0.3) is 0 Å². The van der Waals surface area contributed by atoms with Crippen LogP contribution in [0.15, 0.2) is 48.6 Å². The van der Waals surface area contributed by atoms with Gasteiger partial charge in [-0.05, 0) is 89.9 Å². The number of nitrogens with one attached hydrogen (secondary N) is 1. The van der Waals surface area contributed by atoms with Crippen molar-refractivity contribution >= 4 is 11.9 Å². The topological polar surface area (TPSA) is 95.9 Å². The lowest BCUT2D eigenvalue weighted by Crippen LogP contribution is -2.45. The Labute approximate surface area is 448 Å². The number of rotatable bonds is 59. The van der Waals surface area contributed by atoms with Crippen LogP contribution >= 0.6 is 0 Å². The molecule has 0 aliphatic heterocycles. The van der Waals surface area contributed by atoms with Gasteiger partial charge in [-0.2, -0.15) is 0 Å². The Hall–Kier alpha value is -2.18. The van der Waals surface area contributed by atoms with E-state index in [0.717, 1.165) is 51.4 Å². The highest BCUT2D eigenvalue weighted by Crippen LogP contribution is 2.17. The molecule has 3 N–H and O–H groups in total. The number of ether oxygens (including phenoxy) is 1. The zero-order valence-electron chi connectivity index (χ0n) is 48.2. The molecule has 2 unspecified atom stereocenters. The molecular weight excluding hydrogens is 887 g/mol. The van der Waals surface area contributed by atoms with E-state index in [1.165, 1.54) is 257 Å². The van der Waals surface area contributed by atoms with Gasteiger partial charge in [0, 0.05) is 12.8 Å². The predicted molar refractivity (Wildman–Crippen MR) is 315 cm³/mol. The van der Waals surface area contributed by atoms with Crippen LogP contribution < -0.4 is 5.32 Å². The maximum Gasteiger partial charge on any atom is 0.305 e. The van der Waals surface area contributed by atoms with E-state index in [2.05, 4.69) is 55.6 Å². The molecule has 2 atom stereocenters. The third-order valence-electron chi connectivity index (χ3n) is 14.6. The molecular formula is C66H123NO5. The summed E-state index contributed by atoms with van der Waals surface area (Å²) in [5, 5.41) is 23.1. The van der Waals surface area contributed by atoms with Crippen molar-refractivity contribution in [1.82, 2.24) is 5.32 Å². The first-order valence-corrected chi connectivity index (χ1v) is 31.9. The SMILES string of the molecule is CCCCC/C=C\C/C=C\CCCCCCCCCC(=O)OCCCCCCCCCCCCCC/C=C\CCCCCCCCCCCCC(=O)NC(CO)C(O)/C=C/CCCCCCCCCCCC. The second-order valence-electron chi connectivity index (χ2n) is 21.7. The highest BCUT2D eigenvalue weighted by atomic mass is 16.5. The van der Waals surface area contributed by atoms with Gasteiger partial charge in [0.15, 0.2) is 0 Å². The molecule has 0 aromatic heterocycles. The Morgan fingerprint density at radius 1 is 0.389 bits per heavy atom. The van der Waals surface area contributed by atoms with E-state index < -0.39 is 12.1 Å². The number of carbonyl (C=O) groups excluding carboxylic acids is 2. The molecule has 0 saturated carbocycles. The number of aliphatic hydroxyl groups is 2. The van der Waals surface area contributed by atoms with Crippen molar-refractivity contribution < 1.29 is 24.5 Å². The number of amides is 1. The van der Waals surface area contributed by atoms with Gasteiger partial charge in [-0.3, -0.25) is 9.59 Å². The molecule has 0 saturated heterocycles. The molecule has 422 valence electrons. The molecule has 0 spiro atoms. The number of aliphatic hydroxyl groups excluding tert-OH is 2. The Kier molecular flexibility index (Phi) is 59.5. The lowest BCUT2D eigenvalue weighted by Gasteiger charge is -2.20. The first kappa shape index (κ1) is 69.8. The summed E-state index contributed by atoms with van der Waals surface area (Å²) in [6.07, 6.45) is 78.8. The highest BCUT2D eigenvalue weighted by Gasteiger charge is 2.18. The first-order valence-electron chi connectivity index (χ1n) is 31.9. The number of esters is 1. The molecule has 6 heteroatoms. The van der Waals surface area contributed by atoms with E-state index in [1.807, 2.05) is 6.08 Å². The van der Waals surface area contributed by atoms with E-state index in [4.69, 9.17) is 4.74 Å². The van der Waals surface area contributed by atoms with Gasteiger partial charge in [0.2, 0.25) is 5.91 Å². The minimum Gasteiger partial charge on any atom is -0.466 e. The van der Waals surface area contributed by atoms with Gasteiger partial charge in [-0.1, -0.05) is 281 Å². The molecule has 1 amide bonds. The first-order chi connectivity index (χ1) is 35.5. The molecule has 0 heterocycles. The Balaban J connectivity index is 3.39. The van der Waals surface area contributed by atoms with Crippen LogP contribution in [0.4, 0.5) is 0 Å². The summed E-state index contributed by atoms with van der Waals surface area (Å²) >= 11 is 0.